The van der Waals surface area contributed by atoms with Gasteiger partial charge in [0.25, 0.3) is 0 Å². The van der Waals surface area contributed by atoms with Gasteiger partial charge in [-0.2, -0.15) is 0 Å². The Bertz CT molecular complexity index is 627. The standard InChI is InChI=1S/C18H17N/c1-2-6-13(7-3-1)14-10-11-16-15-8-4-5-9-17(15)19-18(16)12-14/h1-3,5-7,9-12,15,17,19H,4,8H2. The van der Waals surface area contributed by atoms with Crippen molar-refractivity contribution in [1.29, 1.82) is 0 Å². The Kier molecular flexibility index (Phi) is 2.44. The first-order valence-electron chi connectivity index (χ1n) is 7.04. The number of benzene rings is 2. The summed E-state index contributed by atoms with van der Waals surface area (Å²) >= 11 is 0. The highest BCUT2D eigenvalue weighted by Gasteiger charge is 2.31. The van der Waals surface area contributed by atoms with Gasteiger partial charge in [-0.15, -0.1) is 0 Å². The number of hydrogen-bond acceptors (Lipinski definition) is 1. The molecule has 2 unspecified atom stereocenters. The Balaban J connectivity index is 1.75. The molecular formula is C18H17N. The molecule has 1 N–H and O–H groups in total. The SMILES string of the molecule is C1=CC2Nc3cc(-c4ccccc4)ccc3C2CC1. The molecule has 0 spiro atoms. The van der Waals surface area contributed by atoms with E-state index in [2.05, 4.69) is 66.0 Å². The summed E-state index contributed by atoms with van der Waals surface area (Å²) < 4.78 is 0. The maximum absolute atomic E-state index is 3.66. The van der Waals surface area contributed by atoms with E-state index in [1.165, 1.54) is 35.2 Å². The molecule has 2 atom stereocenters. The zero-order chi connectivity index (χ0) is 12.7. The van der Waals surface area contributed by atoms with Crippen molar-refractivity contribution in [2.45, 2.75) is 24.8 Å². The Morgan fingerprint density at radius 2 is 1.84 bits per heavy atom. The second-order valence-electron chi connectivity index (χ2n) is 5.45. The first-order chi connectivity index (χ1) is 9.42. The van der Waals surface area contributed by atoms with Crippen LogP contribution in [0.15, 0.2) is 60.7 Å². The molecule has 0 saturated heterocycles. The van der Waals surface area contributed by atoms with E-state index in [0.29, 0.717) is 12.0 Å². The molecule has 0 saturated carbocycles. The number of hydrogen-bond donors (Lipinski definition) is 1. The first kappa shape index (κ1) is 10.9. The van der Waals surface area contributed by atoms with Gasteiger partial charge in [-0.25, -0.2) is 0 Å². The van der Waals surface area contributed by atoms with Crippen molar-refractivity contribution in [3.05, 3.63) is 66.2 Å². The van der Waals surface area contributed by atoms with Gasteiger partial charge in [0.2, 0.25) is 0 Å². The Labute approximate surface area is 114 Å². The summed E-state index contributed by atoms with van der Waals surface area (Å²) in [6.45, 7) is 0. The Hall–Kier alpha value is -2.02. The summed E-state index contributed by atoms with van der Waals surface area (Å²) in [6.07, 6.45) is 7.11. The van der Waals surface area contributed by atoms with E-state index in [4.69, 9.17) is 0 Å². The van der Waals surface area contributed by atoms with Crippen LogP contribution in [0.4, 0.5) is 5.69 Å². The smallest absolute Gasteiger partial charge is 0.0514 e. The lowest BCUT2D eigenvalue weighted by atomic mass is 9.86. The van der Waals surface area contributed by atoms with Crippen molar-refractivity contribution in [2.75, 3.05) is 5.32 Å². The zero-order valence-corrected chi connectivity index (χ0v) is 10.8. The maximum Gasteiger partial charge on any atom is 0.0514 e. The molecule has 1 aliphatic heterocycles. The van der Waals surface area contributed by atoms with E-state index in [0.717, 1.165) is 0 Å². The molecule has 2 aromatic carbocycles. The van der Waals surface area contributed by atoms with Gasteiger partial charge in [-0.3, -0.25) is 0 Å². The zero-order valence-electron chi connectivity index (χ0n) is 10.8. The molecule has 1 aliphatic carbocycles. The number of rotatable bonds is 1. The van der Waals surface area contributed by atoms with Gasteiger partial charge in [0.1, 0.15) is 0 Å². The van der Waals surface area contributed by atoms with Crippen molar-refractivity contribution >= 4 is 5.69 Å². The lowest BCUT2D eigenvalue weighted by molar-refractivity contribution is 0.598. The van der Waals surface area contributed by atoms with Crippen LogP contribution in [0.2, 0.25) is 0 Å². The summed E-state index contributed by atoms with van der Waals surface area (Å²) in [5.74, 6) is 0.671. The van der Waals surface area contributed by atoms with E-state index in [1.54, 1.807) is 0 Å². The van der Waals surface area contributed by atoms with Crippen molar-refractivity contribution in [3.8, 4) is 11.1 Å². The van der Waals surface area contributed by atoms with Gasteiger partial charge in [0.15, 0.2) is 0 Å². The molecule has 0 radical (unpaired) electrons. The fraction of sp³-hybridized carbons (Fsp3) is 0.222. The van der Waals surface area contributed by atoms with Crippen molar-refractivity contribution in [1.82, 2.24) is 0 Å². The summed E-state index contributed by atoms with van der Waals surface area (Å²) in [4.78, 5) is 0. The molecule has 1 heterocycles. The molecule has 4 rings (SSSR count). The minimum absolute atomic E-state index is 0.509. The molecular weight excluding hydrogens is 230 g/mol. The molecule has 0 amide bonds. The van der Waals surface area contributed by atoms with Gasteiger partial charge in [0.05, 0.1) is 6.04 Å². The summed E-state index contributed by atoms with van der Waals surface area (Å²) in [7, 11) is 0. The maximum atomic E-state index is 3.66. The number of nitrogens with one attached hydrogen (secondary N) is 1. The third kappa shape index (κ3) is 1.77. The average molecular weight is 247 g/mol. The van der Waals surface area contributed by atoms with E-state index in [9.17, 15) is 0 Å². The van der Waals surface area contributed by atoms with E-state index >= 15 is 0 Å². The second kappa shape index (κ2) is 4.27. The van der Waals surface area contributed by atoms with Crippen LogP contribution < -0.4 is 5.32 Å². The van der Waals surface area contributed by atoms with Crippen LogP contribution in [-0.4, -0.2) is 6.04 Å². The summed E-state index contributed by atoms with van der Waals surface area (Å²) in [5.41, 5.74) is 5.41. The van der Waals surface area contributed by atoms with Crippen molar-refractivity contribution < 1.29 is 0 Å². The fourth-order valence-electron chi connectivity index (χ4n) is 3.32. The Morgan fingerprint density at radius 1 is 0.947 bits per heavy atom. The second-order valence-corrected chi connectivity index (χ2v) is 5.45. The number of anilines is 1. The summed E-state index contributed by atoms with van der Waals surface area (Å²) in [5, 5.41) is 3.66. The van der Waals surface area contributed by atoms with Crippen LogP contribution in [0.5, 0.6) is 0 Å². The van der Waals surface area contributed by atoms with Gasteiger partial charge < -0.3 is 5.32 Å². The first-order valence-corrected chi connectivity index (χ1v) is 7.04. The topological polar surface area (TPSA) is 12.0 Å². The molecule has 0 bridgehead atoms. The van der Waals surface area contributed by atoms with Crippen LogP contribution in [0.1, 0.15) is 24.3 Å². The fourth-order valence-corrected chi connectivity index (χ4v) is 3.32. The van der Waals surface area contributed by atoms with Crippen LogP contribution in [-0.2, 0) is 0 Å². The molecule has 1 nitrogen and oxygen atoms in total. The molecule has 94 valence electrons. The molecule has 2 aromatic rings. The van der Waals surface area contributed by atoms with E-state index < -0.39 is 0 Å². The van der Waals surface area contributed by atoms with Gasteiger partial charge in [-0.05, 0) is 35.6 Å². The minimum atomic E-state index is 0.509. The molecule has 19 heavy (non-hydrogen) atoms. The predicted molar refractivity (Wildman–Crippen MR) is 80.4 cm³/mol. The molecule has 2 aliphatic rings. The quantitative estimate of drug-likeness (QED) is 0.727. The number of fused-ring (bicyclic) bond motifs is 3. The average Bonchev–Trinajstić information content (AvgIpc) is 2.86. The Morgan fingerprint density at radius 3 is 2.74 bits per heavy atom. The third-order valence-corrected chi connectivity index (χ3v) is 4.30. The van der Waals surface area contributed by atoms with E-state index in [1.807, 2.05) is 0 Å². The largest absolute Gasteiger partial charge is 0.378 e. The van der Waals surface area contributed by atoms with Gasteiger partial charge >= 0.3 is 0 Å². The van der Waals surface area contributed by atoms with Crippen LogP contribution >= 0.6 is 0 Å². The van der Waals surface area contributed by atoms with Crippen molar-refractivity contribution in [3.63, 3.8) is 0 Å². The summed E-state index contributed by atoms with van der Waals surface area (Å²) in [6, 6.07) is 18.0. The lowest BCUT2D eigenvalue weighted by Gasteiger charge is -2.20. The number of allylic oxidation sites excluding steroid dienone is 1. The molecule has 0 aromatic heterocycles. The highest BCUT2D eigenvalue weighted by Crippen LogP contribution is 2.42. The minimum Gasteiger partial charge on any atom is -0.378 e. The normalized spacial score (nSPS) is 23.6. The van der Waals surface area contributed by atoms with Gasteiger partial charge in [-0.1, -0.05) is 54.6 Å². The van der Waals surface area contributed by atoms with Crippen molar-refractivity contribution in [2.24, 2.45) is 0 Å². The van der Waals surface area contributed by atoms with Gasteiger partial charge in [0, 0.05) is 11.6 Å². The highest BCUT2D eigenvalue weighted by atomic mass is 15.0. The predicted octanol–water partition coefficient (Wildman–Crippen LogP) is 4.58. The third-order valence-electron chi connectivity index (χ3n) is 4.30. The monoisotopic (exact) mass is 247 g/mol. The lowest BCUT2D eigenvalue weighted by Crippen LogP contribution is -2.19. The van der Waals surface area contributed by atoms with Crippen LogP contribution in [0.25, 0.3) is 11.1 Å². The van der Waals surface area contributed by atoms with Crippen LogP contribution in [0, 0.1) is 0 Å². The van der Waals surface area contributed by atoms with Crippen LogP contribution in [0.3, 0.4) is 0 Å². The molecule has 1 heteroatoms. The molecule has 0 fully saturated rings. The highest BCUT2D eigenvalue weighted by molar-refractivity contribution is 5.73. The van der Waals surface area contributed by atoms with E-state index in [-0.39, 0.29) is 0 Å².